The first-order valence-electron chi connectivity index (χ1n) is 8.86. The van der Waals surface area contributed by atoms with Gasteiger partial charge in [0.05, 0.1) is 18.0 Å². The van der Waals surface area contributed by atoms with Gasteiger partial charge in [0, 0.05) is 11.6 Å². The van der Waals surface area contributed by atoms with Crippen LogP contribution in [0.3, 0.4) is 0 Å². The number of hydrogen-bond donors (Lipinski definition) is 1. The summed E-state index contributed by atoms with van der Waals surface area (Å²) in [4.78, 5) is 12.6. The van der Waals surface area contributed by atoms with Crippen molar-refractivity contribution in [2.24, 2.45) is 0 Å². The van der Waals surface area contributed by atoms with E-state index < -0.39 is 22.0 Å². The smallest absolute Gasteiger partial charge is 0.243 e. The van der Waals surface area contributed by atoms with E-state index in [9.17, 15) is 13.2 Å². The van der Waals surface area contributed by atoms with Gasteiger partial charge in [0.2, 0.25) is 15.9 Å². The Morgan fingerprint density at radius 2 is 1.79 bits per heavy atom. The fraction of sp³-hybridized carbons (Fsp3) is 0.350. The first-order valence-corrected chi connectivity index (χ1v) is 11.1. The zero-order valence-electron chi connectivity index (χ0n) is 16.3. The van der Waals surface area contributed by atoms with Crippen molar-refractivity contribution in [1.82, 2.24) is 5.32 Å². The van der Waals surface area contributed by atoms with E-state index in [0.717, 1.165) is 21.9 Å². The van der Waals surface area contributed by atoms with Gasteiger partial charge >= 0.3 is 0 Å². The molecule has 2 rings (SSSR count). The lowest BCUT2D eigenvalue weighted by Gasteiger charge is -2.28. The number of ether oxygens (including phenoxy) is 1. The quantitative estimate of drug-likeness (QED) is 0.702. The van der Waals surface area contributed by atoms with E-state index in [1.54, 1.807) is 18.2 Å². The van der Waals surface area contributed by atoms with Gasteiger partial charge < -0.3 is 10.1 Å². The molecule has 0 saturated heterocycles. The Labute approximate surface area is 171 Å². The van der Waals surface area contributed by atoms with Crippen LogP contribution in [0.4, 0.5) is 5.69 Å². The standard InChI is InChI=1S/C20H25ClN2O4S/c1-14(2)27-19-10-8-16(9-11-19)13-22-20(24)15(3)23(28(4,25)26)18-7-5-6-17(21)12-18/h5-12,14-15H,13H2,1-4H3,(H,22,24). The van der Waals surface area contributed by atoms with Crippen LogP contribution in [0.1, 0.15) is 26.3 Å². The fourth-order valence-corrected chi connectivity index (χ4v) is 4.07. The number of anilines is 1. The third kappa shape index (κ3) is 6.14. The van der Waals surface area contributed by atoms with Gasteiger partial charge in [0.1, 0.15) is 11.8 Å². The minimum atomic E-state index is -3.68. The van der Waals surface area contributed by atoms with Crippen LogP contribution < -0.4 is 14.4 Å². The summed E-state index contributed by atoms with van der Waals surface area (Å²) >= 11 is 5.98. The van der Waals surface area contributed by atoms with Crippen LogP contribution in [0.25, 0.3) is 0 Å². The summed E-state index contributed by atoms with van der Waals surface area (Å²) in [5, 5.41) is 3.17. The van der Waals surface area contributed by atoms with Gasteiger partial charge in [-0.1, -0.05) is 29.8 Å². The number of nitrogens with one attached hydrogen (secondary N) is 1. The summed E-state index contributed by atoms with van der Waals surface area (Å²) in [5.41, 5.74) is 1.22. The fourth-order valence-electron chi connectivity index (χ4n) is 2.72. The van der Waals surface area contributed by atoms with Crippen molar-refractivity contribution < 1.29 is 17.9 Å². The molecule has 0 fully saturated rings. The second kappa shape index (κ2) is 9.30. The molecule has 0 spiro atoms. The molecule has 0 aliphatic rings. The molecular weight excluding hydrogens is 400 g/mol. The van der Waals surface area contributed by atoms with Crippen LogP contribution in [-0.2, 0) is 21.4 Å². The highest BCUT2D eigenvalue weighted by atomic mass is 35.5. The lowest BCUT2D eigenvalue weighted by molar-refractivity contribution is -0.122. The van der Waals surface area contributed by atoms with Crippen molar-refractivity contribution in [3.63, 3.8) is 0 Å². The number of hydrogen-bond acceptors (Lipinski definition) is 4. The highest BCUT2D eigenvalue weighted by molar-refractivity contribution is 7.92. The van der Waals surface area contributed by atoms with Crippen molar-refractivity contribution >= 4 is 33.2 Å². The number of amides is 1. The molecule has 8 heteroatoms. The second-order valence-electron chi connectivity index (χ2n) is 6.74. The Kier molecular flexibility index (Phi) is 7.32. The van der Waals surface area contributed by atoms with E-state index in [1.807, 2.05) is 38.1 Å². The molecule has 0 aromatic heterocycles. The molecule has 1 unspecified atom stereocenters. The molecule has 0 saturated carbocycles. The molecule has 28 heavy (non-hydrogen) atoms. The molecule has 0 bridgehead atoms. The van der Waals surface area contributed by atoms with E-state index in [-0.39, 0.29) is 12.6 Å². The zero-order chi connectivity index (χ0) is 20.9. The summed E-state index contributed by atoms with van der Waals surface area (Å²) in [5.74, 6) is 0.343. The summed E-state index contributed by atoms with van der Waals surface area (Å²) < 4.78 is 31.2. The molecule has 1 N–H and O–H groups in total. The maximum atomic E-state index is 12.6. The SMILES string of the molecule is CC(C)Oc1ccc(CNC(=O)C(C)N(c2cccc(Cl)c2)S(C)(=O)=O)cc1. The Morgan fingerprint density at radius 1 is 1.14 bits per heavy atom. The van der Waals surface area contributed by atoms with Gasteiger partial charge in [-0.25, -0.2) is 8.42 Å². The van der Waals surface area contributed by atoms with Gasteiger partial charge in [-0.2, -0.15) is 0 Å². The van der Waals surface area contributed by atoms with Crippen molar-refractivity contribution in [1.29, 1.82) is 0 Å². The molecule has 1 amide bonds. The van der Waals surface area contributed by atoms with Crippen LogP contribution in [-0.4, -0.2) is 32.7 Å². The maximum Gasteiger partial charge on any atom is 0.243 e. The predicted octanol–water partition coefficient (Wildman–Crippen LogP) is 3.60. The number of rotatable bonds is 8. The second-order valence-corrected chi connectivity index (χ2v) is 9.04. The highest BCUT2D eigenvalue weighted by Gasteiger charge is 2.29. The lowest BCUT2D eigenvalue weighted by atomic mass is 10.2. The van der Waals surface area contributed by atoms with E-state index >= 15 is 0 Å². The van der Waals surface area contributed by atoms with Gasteiger partial charge in [-0.05, 0) is 56.7 Å². The minimum Gasteiger partial charge on any atom is -0.491 e. The molecular formula is C20H25ClN2O4S. The average molecular weight is 425 g/mol. The molecule has 2 aromatic carbocycles. The average Bonchev–Trinajstić information content (AvgIpc) is 2.59. The van der Waals surface area contributed by atoms with Crippen LogP contribution in [0, 0.1) is 0 Å². The molecule has 152 valence electrons. The first kappa shape index (κ1) is 22.0. The molecule has 0 aliphatic heterocycles. The Hall–Kier alpha value is -2.25. The minimum absolute atomic E-state index is 0.0832. The number of carbonyl (C=O) groups is 1. The summed E-state index contributed by atoms with van der Waals surface area (Å²) in [7, 11) is -3.68. The maximum absolute atomic E-state index is 12.6. The van der Waals surface area contributed by atoms with Gasteiger partial charge in [-0.3, -0.25) is 9.10 Å². The van der Waals surface area contributed by atoms with E-state index in [1.165, 1.54) is 13.0 Å². The number of halogens is 1. The largest absolute Gasteiger partial charge is 0.491 e. The molecule has 0 heterocycles. The van der Waals surface area contributed by atoms with Crippen LogP contribution >= 0.6 is 11.6 Å². The predicted molar refractivity (Wildman–Crippen MR) is 112 cm³/mol. The number of sulfonamides is 1. The topological polar surface area (TPSA) is 75.7 Å². The third-order valence-electron chi connectivity index (χ3n) is 3.91. The molecule has 0 aliphatic carbocycles. The van der Waals surface area contributed by atoms with Gasteiger partial charge in [-0.15, -0.1) is 0 Å². The third-order valence-corrected chi connectivity index (χ3v) is 5.39. The Morgan fingerprint density at radius 3 is 2.32 bits per heavy atom. The van der Waals surface area contributed by atoms with Crippen LogP contribution in [0.2, 0.25) is 5.02 Å². The normalized spacial score (nSPS) is 12.5. The van der Waals surface area contributed by atoms with E-state index in [4.69, 9.17) is 16.3 Å². The Bertz CT molecular complexity index is 914. The number of nitrogens with zero attached hydrogens (tertiary/aromatic N) is 1. The first-order chi connectivity index (χ1) is 13.1. The van der Waals surface area contributed by atoms with E-state index in [0.29, 0.717) is 10.7 Å². The van der Waals surface area contributed by atoms with Crippen molar-refractivity contribution in [2.45, 2.75) is 39.5 Å². The van der Waals surface area contributed by atoms with Gasteiger partial charge in [0.15, 0.2) is 0 Å². The van der Waals surface area contributed by atoms with Gasteiger partial charge in [0.25, 0.3) is 0 Å². The number of carbonyl (C=O) groups excluding carboxylic acids is 1. The van der Waals surface area contributed by atoms with Crippen molar-refractivity contribution in [3.8, 4) is 5.75 Å². The van der Waals surface area contributed by atoms with E-state index in [2.05, 4.69) is 5.32 Å². The molecule has 1 atom stereocenters. The van der Waals surface area contributed by atoms with Crippen LogP contribution in [0.5, 0.6) is 5.75 Å². The zero-order valence-corrected chi connectivity index (χ0v) is 17.9. The van der Waals surface area contributed by atoms with Crippen molar-refractivity contribution in [3.05, 3.63) is 59.1 Å². The summed E-state index contributed by atoms with van der Waals surface area (Å²) in [6.45, 7) is 5.71. The summed E-state index contributed by atoms with van der Waals surface area (Å²) in [6, 6.07) is 12.8. The lowest BCUT2D eigenvalue weighted by Crippen LogP contribution is -2.47. The highest BCUT2D eigenvalue weighted by Crippen LogP contribution is 2.24. The van der Waals surface area contributed by atoms with Crippen LogP contribution in [0.15, 0.2) is 48.5 Å². The summed E-state index contributed by atoms with van der Waals surface area (Å²) in [6.07, 6.45) is 1.14. The molecule has 0 radical (unpaired) electrons. The Balaban J connectivity index is 2.09. The monoisotopic (exact) mass is 424 g/mol. The molecule has 2 aromatic rings. The van der Waals surface area contributed by atoms with Crippen molar-refractivity contribution in [2.75, 3.05) is 10.6 Å². The number of benzene rings is 2. The molecule has 6 nitrogen and oxygen atoms in total.